The first-order chi connectivity index (χ1) is 8.74. The highest BCUT2D eigenvalue weighted by atomic mass is 16.1. The highest BCUT2D eigenvalue weighted by molar-refractivity contribution is 5.91. The lowest BCUT2D eigenvalue weighted by atomic mass is 9.79. The van der Waals surface area contributed by atoms with E-state index < -0.39 is 0 Å². The molecular formula is C13H20N4O. The minimum Gasteiger partial charge on any atom is -0.323 e. The molecule has 0 spiro atoms. The summed E-state index contributed by atoms with van der Waals surface area (Å²) in [5, 5.41) is 6.19. The maximum Gasteiger partial charge on any atom is 0.226 e. The largest absolute Gasteiger partial charge is 0.323 e. The maximum atomic E-state index is 12.0. The van der Waals surface area contributed by atoms with E-state index in [2.05, 4.69) is 20.6 Å². The number of hydrogen-bond acceptors (Lipinski definition) is 4. The first-order valence-corrected chi connectivity index (χ1v) is 6.48. The van der Waals surface area contributed by atoms with E-state index in [1.807, 2.05) is 7.05 Å². The number of anilines is 1. The SMILES string of the molecule is CNC1(CC(=O)Nc2cncnc2)CCCCC1. The fraction of sp³-hybridized carbons (Fsp3) is 0.615. The number of hydrogen-bond donors (Lipinski definition) is 2. The molecule has 2 N–H and O–H groups in total. The fourth-order valence-electron chi connectivity index (χ4n) is 2.62. The fourth-order valence-corrected chi connectivity index (χ4v) is 2.62. The summed E-state index contributed by atoms with van der Waals surface area (Å²) in [6, 6.07) is 0. The quantitative estimate of drug-likeness (QED) is 0.851. The smallest absolute Gasteiger partial charge is 0.226 e. The standard InChI is InChI=1S/C13H20N4O/c1-14-13(5-3-2-4-6-13)7-12(18)17-11-8-15-10-16-9-11/h8-10,14H,2-7H2,1H3,(H,17,18). The van der Waals surface area contributed by atoms with Crippen molar-refractivity contribution >= 4 is 11.6 Å². The zero-order chi connectivity index (χ0) is 12.8. The molecule has 5 nitrogen and oxygen atoms in total. The molecule has 1 aromatic rings. The summed E-state index contributed by atoms with van der Waals surface area (Å²) >= 11 is 0. The van der Waals surface area contributed by atoms with Crippen molar-refractivity contribution in [3.05, 3.63) is 18.7 Å². The Kier molecular flexibility index (Phi) is 4.25. The number of nitrogens with zero attached hydrogens (tertiary/aromatic N) is 2. The zero-order valence-corrected chi connectivity index (χ0v) is 10.8. The molecule has 1 aliphatic rings. The molecule has 0 radical (unpaired) electrons. The highest BCUT2D eigenvalue weighted by Gasteiger charge is 2.32. The van der Waals surface area contributed by atoms with E-state index in [4.69, 9.17) is 0 Å². The normalized spacial score (nSPS) is 18.3. The number of amides is 1. The van der Waals surface area contributed by atoms with Gasteiger partial charge in [-0.1, -0.05) is 19.3 Å². The van der Waals surface area contributed by atoms with Crippen LogP contribution in [0.1, 0.15) is 38.5 Å². The first kappa shape index (κ1) is 13.0. The second kappa shape index (κ2) is 5.91. The number of carbonyl (C=O) groups is 1. The maximum absolute atomic E-state index is 12.0. The summed E-state index contributed by atoms with van der Waals surface area (Å²) in [6.07, 6.45) is 11.0. The lowest BCUT2D eigenvalue weighted by Gasteiger charge is -2.36. The Balaban J connectivity index is 1.93. The van der Waals surface area contributed by atoms with Gasteiger partial charge in [-0.3, -0.25) is 4.79 Å². The number of carbonyl (C=O) groups excluding carboxylic acids is 1. The molecule has 2 rings (SSSR count). The molecule has 0 aliphatic heterocycles. The molecule has 1 amide bonds. The van der Waals surface area contributed by atoms with Crippen LogP contribution < -0.4 is 10.6 Å². The third-order valence-corrected chi connectivity index (χ3v) is 3.68. The topological polar surface area (TPSA) is 66.9 Å². The summed E-state index contributed by atoms with van der Waals surface area (Å²) in [6.45, 7) is 0. The third-order valence-electron chi connectivity index (χ3n) is 3.68. The van der Waals surface area contributed by atoms with Gasteiger partial charge in [0.2, 0.25) is 5.91 Å². The second-order valence-electron chi connectivity index (χ2n) is 4.94. The van der Waals surface area contributed by atoms with Gasteiger partial charge in [0, 0.05) is 12.0 Å². The zero-order valence-electron chi connectivity index (χ0n) is 10.8. The molecule has 1 heterocycles. The van der Waals surface area contributed by atoms with E-state index in [0.29, 0.717) is 12.1 Å². The molecule has 1 fully saturated rings. The van der Waals surface area contributed by atoms with Crippen molar-refractivity contribution in [2.75, 3.05) is 12.4 Å². The van der Waals surface area contributed by atoms with E-state index in [9.17, 15) is 4.79 Å². The van der Waals surface area contributed by atoms with E-state index in [1.54, 1.807) is 12.4 Å². The summed E-state index contributed by atoms with van der Waals surface area (Å²) in [5.41, 5.74) is 0.627. The van der Waals surface area contributed by atoms with Crippen molar-refractivity contribution in [2.45, 2.75) is 44.1 Å². The van der Waals surface area contributed by atoms with E-state index >= 15 is 0 Å². The number of aromatic nitrogens is 2. The first-order valence-electron chi connectivity index (χ1n) is 6.48. The van der Waals surface area contributed by atoms with Crippen molar-refractivity contribution in [3.8, 4) is 0 Å². The van der Waals surface area contributed by atoms with Crippen LogP contribution in [0.2, 0.25) is 0 Å². The molecule has 1 aromatic heterocycles. The van der Waals surface area contributed by atoms with Crippen molar-refractivity contribution in [1.82, 2.24) is 15.3 Å². The van der Waals surface area contributed by atoms with Gasteiger partial charge in [-0.2, -0.15) is 0 Å². The minimum absolute atomic E-state index is 0.0288. The molecule has 0 unspecified atom stereocenters. The van der Waals surface area contributed by atoms with Gasteiger partial charge in [0.15, 0.2) is 0 Å². The van der Waals surface area contributed by atoms with Gasteiger partial charge in [0.25, 0.3) is 0 Å². The monoisotopic (exact) mass is 248 g/mol. The van der Waals surface area contributed by atoms with Crippen LogP contribution in [0.3, 0.4) is 0 Å². The van der Waals surface area contributed by atoms with Crippen LogP contribution in [-0.4, -0.2) is 28.5 Å². The van der Waals surface area contributed by atoms with E-state index in [1.165, 1.54) is 25.6 Å². The van der Waals surface area contributed by atoms with Crippen molar-refractivity contribution in [1.29, 1.82) is 0 Å². The Morgan fingerprint density at radius 3 is 2.56 bits per heavy atom. The number of nitrogens with one attached hydrogen (secondary N) is 2. The molecule has 0 saturated heterocycles. The summed E-state index contributed by atoms with van der Waals surface area (Å²) < 4.78 is 0. The lowest BCUT2D eigenvalue weighted by Crippen LogP contribution is -2.47. The Morgan fingerprint density at radius 1 is 1.28 bits per heavy atom. The van der Waals surface area contributed by atoms with Crippen LogP contribution in [0.15, 0.2) is 18.7 Å². The molecule has 0 bridgehead atoms. The Labute approximate surface area is 107 Å². The van der Waals surface area contributed by atoms with Gasteiger partial charge in [0.05, 0.1) is 18.1 Å². The molecule has 18 heavy (non-hydrogen) atoms. The van der Waals surface area contributed by atoms with Gasteiger partial charge in [-0.15, -0.1) is 0 Å². The summed E-state index contributed by atoms with van der Waals surface area (Å²) in [4.78, 5) is 19.8. The number of rotatable bonds is 4. The van der Waals surface area contributed by atoms with Crippen LogP contribution in [0.5, 0.6) is 0 Å². The predicted molar refractivity (Wildman–Crippen MR) is 70.2 cm³/mol. The average Bonchev–Trinajstić information content (AvgIpc) is 2.41. The molecule has 1 aliphatic carbocycles. The van der Waals surface area contributed by atoms with Gasteiger partial charge >= 0.3 is 0 Å². The van der Waals surface area contributed by atoms with Crippen molar-refractivity contribution < 1.29 is 4.79 Å². The average molecular weight is 248 g/mol. The lowest BCUT2D eigenvalue weighted by molar-refractivity contribution is -0.117. The van der Waals surface area contributed by atoms with E-state index in [-0.39, 0.29) is 11.4 Å². The Bertz CT molecular complexity index is 387. The molecular weight excluding hydrogens is 228 g/mol. The second-order valence-corrected chi connectivity index (χ2v) is 4.94. The van der Waals surface area contributed by atoms with Gasteiger partial charge < -0.3 is 10.6 Å². The molecule has 98 valence electrons. The van der Waals surface area contributed by atoms with Crippen molar-refractivity contribution in [2.24, 2.45) is 0 Å². The van der Waals surface area contributed by atoms with Gasteiger partial charge in [-0.25, -0.2) is 9.97 Å². The van der Waals surface area contributed by atoms with Gasteiger partial charge in [0.1, 0.15) is 6.33 Å². The Morgan fingerprint density at radius 2 is 1.94 bits per heavy atom. The summed E-state index contributed by atoms with van der Waals surface area (Å²) in [7, 11) is 1.95. The van der Waals surface area contributed by atoms with E-state index in [0.717, 1.165) is 12.8 Å². The van der Waals surface area contributed by atoms with Crippen LogP contribution >= 0.6 is 0 Å². The highest BCUT2D eigenvalue weighted by Crippen LogP contribution is 2.30. The predicted octanol–water partition coefficient (Wildman–Crippen LogP) is 1.73. The molecule has 0 aromatic carbocycles. The van der Waals surface area contributed by atoms with Crippen LogP contribution in [-0.2, 0) is 4.79 Å². The van der Waals surface area contributed by atoms with Crippen LogP contribution in [0.4, 0.5) is 5.69 Å². The summed E-state index contributed by atoms with van der Waals surface area (Å²) in [5.74, 6) is 0.0288. The minimum atomic E-state index is -0.0298. The van der Waals surface area contributed by atoms with Gasteiger partial charge in [-0.05, 0) is 19.9 Å². The molecule has 5 heteroatoms. The third kappa shape index (κ3) is 3.26. The molecule has 0 atom stereocenters. The Hall–Kier alpha value is -1.49. The van der Waals surface area contributed by atoms with Crippen LogP contribution in [0.25, 0.3) is 0 Å². The molecule has 1 saturated carbocycles. The van der Waals surface area contributed by atoms with Crippen LogP contribution in [0, 0.1) is 0 Å². The van der Waals surface area contributed by atoms with Crippen molar-refractivity contribution in [3.63, 3.8) is 0 Å².